The van der Waals surface area contributed by atoms with Crippen LogP contribution in [-0.4, -0.2) is 25.0 Å². The third-order valence-corrected chi connectivity index (χ3v) is 3.89. The molecule has 0 radical (unpaired) electrons. The van der Waals surface area contributed by atoms with Gasteiger partial charge in [-0.05, 0) is 36.4 Å². The number of aromatic nitrogens is 5. The van der Waals surface area contributed by atoms with Crippen molar-refractivity contribution in [2.24, 2.45) is 0 Å². The summed E-state index contributed by atoms with van der Waals surface area (Å²) in [6, 6.07) is 11.8. The number of nitrogens with zero attached hydrogens (tertiary/aromatic N) is 5. The number of alkyl halides is 3. The number of anilines is 3. The second-order valence-electron chi connectivity index (χ2n) is 5.65. The molecule has 27 heavy (non-hydrogen) atoms. The fraction of sp³-hybridized carbons (Fsp3) is 0.0588. The summed E-state index contributed by atoms with van der Waals surface area (Å²) >= 11 is 0. The van der Waals surface area contributed by atoms with Crippen LogP contribution in [0.5, 0.6) is 0 Å². The van der Waals surface area contributed by atoms with Crippen molar-refractivity contribution in [3.63, 3.8) is 0 Å². The minimum absolute atomic E-state index is 0.188. The first-order valence-electron chi connectivity index (χ1n) is 7.79. The molecule has 3 N–H and O–H groups in total. The lowest BCUT2D eigenvalue weighted by Gasteiger charge is -2.12. The van der Waals surface area contributed by atoms with Crippen molar-refractivity contribution in [2.45, 2.75) is 6.18 Å². The highest BCUT2D eigenvalue weighted by Gasteiger charge is 2.30. The average molecular weight is 371 g/mol. The molecule has 0 aliphatic rings. The quantitative estimate of drug-likeness (QED) is 0.572. The van der Waals surface area contributed by atoms with Crippen molar-refractivity contribution in [2.75, 3.05) is 11.1 Å². The van der Waals surface area contributed by atoms with Crippen molar-refractivity contribution < 1.29 is 13.2 Å². The molecule has 7 nitrogen and oxygen atoms in total. The summed E-state index contributed by atoms with van der Waals surface area (Å²) in [4.78, 5) is 8.22. The lowest BCUT2D eigenvalue weighted by atomic mass is 10.2. The highest BCUT2D eigenvalue weighted by molar-refractivity contribution is 5.80. The number of rotatable bonds is 3. The van der Waals surface area contributed by atoms with Crippen molar-refractivity contribution in [3.05, 3.63) is 60.4 Å². The maximum absolute atomic E-state index is 12.7. The van der Waals surface area contributed by atoms with Gasteiger partial charge in [0.05, 0.1) is 11.1 Å². The molecular formula is C17H12F3N7. The lowest BCUT2D eigenvalue weighted by molar-refractivity contribution is -0.137. The van der Waals surface area contributed by atoms with Gasteiger partial charge in [0.2, 0.25) is 0 Å². The molecule has 4 aromatic rings. The molecule has 0 fully saturated rings. The molecule has 2 heterocycles. The molecule has 4 rings (SSSR count). The van der Waals surface area contributed by atoms with E-state index in [1.54, 1.807) is 6.07 Å². The van der Waals surface area contributed by atoms with Gasteiger partial charge >= 0.3 is 6.18 Å². The van der Waals surface area contributed by atoms with Gasteiger partial charge in [0, 0.05) is 5.69 Å². The van der Waals surface area contributed by atoms with E-state index in [-0.39, 0.29) is 11.5 Å². The molecule has 2 aromatic carbocycles. The van der Waals surface area contributed by atoms with E-state index < -0.39 is 11.7 Å². The minimum atomic E-state index is -4.40. The Morgan fingerprint density at radius 3 is 2.44 bits per heavy atom. The Morgan fingerprint density at radius 2 is 1.70 bits per heavy atom. The monoisotopic (exact) mass is 371 g/mol. The van der Waals surface area contributed by atoms with E-state index in [0.717, 1.165) is 12.1 Å². The van der Waals surface area contributed by atoms with Crippen LogP contribution in [0, 0.1) is 0 Å². The van der Waals surface area contributed by atoms with Gasteiger partial charge in [0.1, 0.15) is 17.5 Å². The number of fused-ring (bicyclic) bond motifs is 1. The van der Waals surface area contributed by atoms with Gasteiger partial charge in [-0.1, -0.05) is 17.3 Å². The maximum atomic E-state index is 12.7. The highest BCUT2D eigenvalue weighted by atomic mass is 19.4. The zero-order valence-corrected chi connectivity index (χ0v) is 13.6. The summed E-state index contributed by atoms with van der Waals surface area (Å²) in [6.45, 7) is 0. The van der Waals surface area contributed by atoms with Crippen LogP contribution < -0.4 is 11.1 Å². The molecule has 2 aromatic heterocycles. The Balaban J connectivity index is 1.68. The summed E-state index contributed by atoms with van der Waals surface area (Å²) < 4.78 is 39.5. The third kappa shape index (κ3) is 3.12. The van der Waals surface area contributed by atoms with Crippen LogP contribution in [-0.2, 0) is 6.18 Å². The summed E-state index contributed by atoms with van der Waals surface area (Å²) in [7, 11) is 0. The molecule has 136 valence electrons. The SMILES string of the molecule is Nc1c(Nc2ccc(C(F)(F)F)cc2)ncnc1-n1nnc2ccccc21. The van der Waals surface area contributed by atoms with Crippen LogP contribution in [0.3, 0.4) is 0 Å². The molecule has 0 amide bonds. The molecule has 0 saturated carbocycles. The third-order valence-electron chi connectivity index (χ3n) is 3.89. The van der Waals surface area contributed by atoms with Gasteiger partial charge in [-0.3, -0.25) is 0 Å². The van der Waals surface area contributed by atoms with Gasteiger partial charge < -0.3 is 11.1 Å². The van der Waals surface area contributed by atoms with Crippen molar-refractivity contribution in [3.8, 4) is 5.82 Å². The number of nitrogens with one attached hydrogen (secondary N) is 1. The number of hydrogen-bond acceptors (Lipinski definition) is 6. The number of para-hydroxylation sites is 1. The van der Waals surface area contributed by atoms with Crippen molar-refractivity contribution in [1.82, 2.24) is 25.0 Å². The molecule has 0 spiro atoms. The number of nitrogens with two attached hydrogens (primary N) is 1. The van der Waals surface area contributed by atoms with Crippen LogP contribution in [0.1, 0.15) is 5.56 Å². The molecule has 0 atom stereocenters. The van der Waals surface area contributed by atoms with Crippen LogP contribution in [0.2, 0.25) is 0 Å². The zero-order chi connectivity index (χ0) is 19.0. The summed E-state index contributed by atoms with van der Waals surface area (Å²) in [6.07, 6.45) is -3.11. The standard InChI is InChI=1S/C17H12F3N7/c18-17(19,20)10-5-7-11(8-6-10)24-15-14(21)16(23-9-22-15)27-13-4-2-1-3-12(13)25-26-27/h1-9H,21H2,(H,22,23,24). The Morgan fingerprint density at radius 1 is 0.963 bits per heavy atom. The van der Waals surface area contributed by atoms with E-state index in [0.29, 0.717) is 22.5 Å². The van der Waals surface area contributed by atoms with Crippen LogP contribution in [0.25, 0.3) is 16.9 Å². The minimum Gasteiger partial charge on any atom is -0.393 e. The van der Waals surface area contributed by atoms with Gasteiger partial charge in [-0.2, -0.15) is 17.9 Å². The average Bonchev–Trinajstić information content (AvgIpc) is 3.07. The Labute approximate surface area is 150 Å². The van der Waals surface area contributed by atoms with Gasteiger partial charge in [0.25, 0.3) is 0 Å². The second kappa shape index (κ2) is 6.24. The smallest absolute Gasteiger partial charge is 0.393 e. The first kappa shape index (κ1) is 16.8. The predicted molar refractivity (Wildman–Crippen MR) is 93.6 cm³/mol. The van der Waals surface area contributed by atoms with Crippen LogP contribution >= 0.6 is 0 Å². The fourth-order valence-electron chi connectivity index (χ4n) is 2.56. The van der Waals surface area contributed by atoms with Crippen LogP contribution in [0.15, 0.2) is 54.9 Å². The molecule has 0 aliphatic heterocycles. The van der Waals surface area contributed by atoms with Crippen molar-refractivity contribution in [1.29, 1.82) is 0 Å². The van der Waals surface area contributed by atoms with E-state index in [1.165, 1.54) is 23.1 Å². The normalized spacial score (nSPS) is 11.7. The number of nitrogen functional groups attached to an aromatic ring is 1. The van der Waals surface area contributed by atoms with Gasteiger partial charge in [-0.25, -0.2) is 9.97 Å². The maximum Gasteiger partial charge on any atom is 0.416 e. The first-order chi connectivity index (χ1) is 12.9. The summed E-state index contributed by atoms with van der Waals surface area (Å²) in [5, 5.41) is 11.0. The first-order valence-corrected chi connectivity index (χ1v) is 7.79. The Bertz CT molecular complexity index is 1100. The second-order valence-corrected chi connectivity index (χ2v) is 5.65. The van der Waals surface area contributed by atoms with E-state index in [9.17, 15) is 13.2 Å². The highest BCUT2D eigenvalue weighted by Crippen LogP contribution is 2.31. The predicted octanol–water partition coefficient (Wildman–Crippen LogP) is 3.56. The molecule has 0 aliphatic carbocycles. The largest absolute Gasteiger partial charge is 0.416 e. The van der Waals surface area contributed by atoms with Gasteiger partial charge in [0.15, 0.2) is 11.6 Å². The van der Waals surface area contributed by atoms with Crippen LogP contribution in [0.4, 0.5) is 30.4 Å². The number of hydrogen-bond donors (Lipinski definition) is 2. The van der Waals surface area contributed by atoms with E-state index in [4.69, 9.17) is 5.73 Å². The van der Waals surface area contributed by atoms with Gasteiger partial charge in [-0.15, -0.1) is 5.10 Å². The molecule has 10 heteroatoms. The van der Waals surface area contributed by atoms with E-state index in [1.807, 2.05) is 18.2 Å². The van der Waals surface area contributed by atoms with Crippen molar-refractivity contribution >= 4 is 28.2 Å². The topological polar surface area (TPSA) is 94.5 Å². The van der Waals surface area contributed by atoms with E-state index >= 15 is 0 Å². The Kier molecular flexibility index (Phi) is 3.87. The number of halogens is 3. The lowest BCUT2D eigenvalue weighted by Crippen LogP contribution is -2.09. The fourth-order valence-corrected chi connectivity index (χ4v) is 2.56. The number of benzene rings is 2. The van der Waals surface area contributed by atoms with E-state index in [2.05, 4.69) is 25.6 Å². The molecular weight excluding hydrogens is 359 g/mol. The zero-order valence-electron chi connectivity index (χ0n) is 13.6. The Hall–Kier alpha value is -3.69. The summed E-state index contributed by atoms with van der Waals surface area (Å²) in [5.41, 5.74) is 7.40. The molecule has 0 bridgehead atoms. The molecule has 0 saturated heterocycles. The molecule has 0 unspecified atom stereocenters. The summed E-state index contributed by atoms with van der Waals surface area (Å²) in [5.74, 6) is 0.562.